The first-order chi connectivity index (χ1) is 13.5. The second kappa shape index (κ2) is 7.28. The van der Waals surface area contributed by atoms with Gasteiger partial charge in [0.15, 0.2) is 11.5 Å². The molecule has 2 heterocycles. The molecule has 7 nitrogen and oxygen atoms in total. The van der Waals surface area contributed by atoms with Gasteiger partial charge in [-0.05, 0) is 18.2 Å². The van der Waals surface area contributed by atoms with Crippen molar-refractivity contribution in [1.82, 2.24) is 19.5 Å². The van der Waals surface area contributed by atoms with Gasteiger partial charge in [0.1, 0.15) is 12.1 Å². The molecule has 8 heteroatoms. The summed E-state index contributed by atoms with van der Waals surface area (Å²) < 4.78 is 1.31. The van der Waals surface area contributed by atoms with Crippen LogP contribution in [0.5, 0.6) is 0 Å². The van der Waals surface area contributed by atoms with Gasteiger partial charge in [-0.2, -0.15) is 0 Å². The van der Waals surface area contributed by atoms with E-state index in [4.69, 9.17) is 11.6 Å². The third-order valence-corrected chi connectivity index (χ3v) is 4.64. The Labute approximate surface area is 165 Å². The zero-order valence-corrected chi connectivity index (χ0v) is 15.7. The number of carbonyl (C=O) groups excluding carboxylic acids is 1. The number of halogens is 1. The molecule has 0 aliphatic carbocycles. The first-order valence-electron chi connectivity index (χ1n) is 8.56. The van der Waals surface area contributed by atoms with Crippen LogP contribution in [-0.4, -0.2) is 32.5 Å². The molecule has 2 aromatic carbocycles. The molecule has 4 rings (SSSR count). The molecule has 0 fully saturated rings. The number of nitrogens with zero attached hydrogens (tertiary/aromatic N) is 4. The van der Waals surface area contributed by atoms with Crippen molar-refractivity contribution in [3.05, 3.63) is 76.3 Å². The van der Waals surface area contributed by atoms with E-state index in [2.05, 4.69) is 15.0 Å². The number of aromatic nitrogens is 4. The zero-order chi connectivity index (χ0) is 19.7. The Morgan fingerprint density at radius 3 is 2.71 bits per heavy atom. The molecule has 0 bridgehead atoms. The fourth-order valence-electron chi connectivity index (χ4n) is 2.89. The number of benzene rings is 2. The molecular formula is C20H16ClN5O2. The molecule has 4 aromatic rings. The van der Waals surface area contributed by atoms with E-state index in [9.17, 15) is 9.59 Å². The minimum absolute atomic E-state index is 0.160. The van der Waals surface area contributed by atoms with Crippen molar-refractivity contribution >= 4 is 34.4 Å². The van der Waals surface area contributed by atoms with Gasteiger partial charge in [0.2, 0.25) is 5.91 Å². The second-order valence-electron chi connectivity index (χ2n) is 6.25. The summed E-state index contributed by atoms with van der Waals surface area (Å²) in [6, 6.07) is 16.4. The molecule has 0 radical (unpaired) electrons. The number of imidazole rings is 1. The number of likely N-dealkylation sites (N-methyl/N-ethyl adjacent to an activating group) is 1. The molecule has 1 N–H and O–H groups in total. The van der Waals surface area contributed by atoms with Crippen LogP contribution in [0.25, 0.3) is 22.6 Å². The van der Waals surface area contributed by atoms with E-state index >= 15 is 0 Å². The van der Waals surface area contributed by atoms with Gasteiger partial charge in [-0.1, -0.05) is 48.0 Å². The maximum atomic E-state index is 12.7. The number of amides is 1. The monoisotopic (exact) mass is 393 g/mol. The summed E-state index contributed by atoms with van der Waals surface area (Å²) >= 11 is 6.00. The van der Waals surface area contributed by atoms with Crippen molar-refractivity contribution in [2.45, 2.75) is 6.54 Å². The van der Waals surface area contributed by atoms with E-state index in [0.717, 1.165) is 5.56 Å². The molecule has 0 aliphatic heterocycles. The van der Waals surface area contributed by atoms with E-state index < -0.39 is 5.69 Å². The van der Waals surface area contributed by atoms with E-state index in [1.807, 2.05) is 30.3 Å². The van der Waals surface area contributed by atoms with E-state index in [1.165, 1.54) is 9.47 Å². The highest BCUT2D eigenvalue weighted by Gasteiger charge is 2.17. The van der Waals surface area contributed by atoms with Crippen molar-refractivity contribution in [2.75, 3.05) is 11.9 Å². The molecule has 0 saturated carbocycles. The predicted octanol–water partition coefficient (Wildman–Crippen LogP) is 3.10. The van der Waals surface area contributed by atoms with Crippen LogP contribution < -0.4 is 10.6 Å². The SMILES string of the molecule is CN(C(=O)Cn1c(=O)[nH]c2cnc(-c3ccccc3)nc21)c1cccc(Cl)c1. The van der Waals surface area contributed by atoms with Gasteiger partial charge in [-0.25, -0.2) is 14.8 Å². The lowest BCUT2D eigenvalue weighted by molar-refractivity contribution is -0.118. The van der Waals surface area contributed by atoms with Crippen LogP contribution in [0.4, 0.5) is 5.69 Å². The smallest absolute Gasteiger partial charge is 0.314 e. The number of carbonyl (C=O) groups is 1. The molecule has 2 aromatic heterocycles. The summed E-state index contributed by atoms with van der Waals surface area (Å²) in [6.45, 7) is -0.160. The summed E-state index contributed by atoms with van der Waals surface area (Å²) in [4.78, 5) is 38.1. The Kier molecular flexibility index (Phi) is 4.67. The normalized spacial score (nSPS) is 10.9. The maximum Gasteiger partial charge on any atom is 0.328 e. The Balaban J connectivity index is 1.69. The molecule has 0 spiro atoms. The third kappa shape index (κ3) is 3.39. The van der Waals surface area contributed by atoms with Gasteiger partial charge in [-0.15, -0.1) is 0 Å². The first kappa shape index (κ1) is 17.9. The Morgan fingerprint density at radius 1 is 1.18 bits per heavy atom. The summed E-state index contributed by atoms with van der Waals surface area (Å²) in [5.74, 6) is 0.210. The topological polar surface area (TPSA) is 83.9 Å². The van der Waals surface area contributed by atoms with Crippen LogP contribution >= 0.6 is 11.6 Å². The van der Waals surface area contributed by atoms with Gasteiger partial charge in [0.25, 0.3) is 0 Å². The lowest BCUT2D eigenvalue weighted by Crippen LogP contribution is -2.33. The highest BCUT2D eigenvalue weighted by atomic mass is 35.5. The van der Waals surface area contributed by atoms with Gasteiger partial charge in [0.05, 0.1) is 6.20 Å². The average Bonchev–Trinajstić information content (AvgIpc) is 3.02. The van der Waals surface area contributed by atoms with Crippen LogP contribution in [0, 0.1) is 0 Å². The van der Waals surface area contributed by atoms with Crippen molar-refractivity contribution < 1.29 is 4.79 Å². The molecule has 0 unspecified atom stereocenters. The Bertz CT molecular complexity index is 1220. The van der Waals surface area contributed by atoms with Crippen LogP contribution in [-0.2, 0) is 11.3 Å². The van der Waals surface area contributed by atoms with E-state index in [1.54, 1.807) is 37.5 Å². The number of nitrogens with one attached hydrogen (secondary N) is 1. The molecule has 1 amide bonds. The first-order valence-corrected chi connectivity index (χ1v) is 8.94. The number of hydrogen-bond acceptors (Lipinski definition) is 4. The largest absolute Gasteiger partial charge is 0.328 e. The fraction of sp³-hybridized carbons (Fsp3) is 0.100. The lowest BCUT2D eigenvalue weighted by Gasteiger charge is -2.17. The van der Waals surface area contributed by atoms with Gasteiger partial charge >= 0.3 is 5.69 Å². The highest BCUT2D eigenvalue weighted by Crippen LogP contribution is 2.19. The predicted molar refractivity (Wildman–Crippen MR) is 108 cm³/mol. The highest BCUT2D eigenvalue weighted by molar-refractivity contribution is 6.30. The van der Waals surface area contributed by atoms with E-state index in [0.29, 0.717) is 27.7 Å². The molecule has 0 saturated heterocycles. The number of fused-ring (bicyclic) bond motifs is 1. The molecule has 0 aliphatic rings. The van der Waals surface area contributed by atoms with Crippen LogP contribution in [0.1, 0.15) is 0 Å². The standard InChI is InChI=1S/C20H16ClN5O2/c1-25(15-9-5-8-14(21)10-15)17(27)12-26-19-16(23-20(26)28)11-22-18(24-19)13-6-3-2-4-7-13/h2-11H,12H2,1H3,(H,23,28). The Hall–Kier alpha value is -3.45. The van der Waals surface area contributed by atoms with Gasteiger partial charge < -0.3 is 9.88 Å². The minimum Gasteiger partial charge on any atom is -0.314 e. The van der Waals surface area contributed by atoms with Crippen molar-refractivity contribution in [3.63, 3.8) is 0 Å². The second-order valence-corrected chi connectivity index (χ2v) is 6.68. The minimum atomic E-state index is -0.414. The van der Waals surface area contributed by atoms with Crippen molar-refractivity contribution in [3.8, 4) is 11.4 Å². The van der Waals surface area contributed by atoms with Crippen LogP contribution in [0.2, 0.25) is 5.02 Å². The summed E-state index contributed by atoms with van der Waals surface area (Å²) in [7, 11) is 1.64. The summed E-state index contributed by atoms with van der Waals surface area (Å²) in [6.07, 6.45) is 1.55. The van der Waals surface area contributed by atoms with Gasteiger partial charge in [-0.3, -0.25) is 9.36 Å². The number of anilines is 1. The van der Waals surface area contributed by atoms with Crippen molar-refractivity contribution in [1.29, 1.82) is 0 Å². The van der Waals surface area contributed by atoms with E-state index in [-0.39, 0.29) is 12.5 Å². The number of hydrogen-bond donors (Lipinski definition) is 1. The molecule has 140 valence electrons. The van der Waals surface area contributed by atoms with Crippen LogP contribution in [0.15, 0.2) is 65.6 Å². The van der Waals surface area contributed by atoms with Crippen LogP contribution in [0.3, 0.4) is 0 Å². The van der Waals surface area contributed by atoms with Crippen molar-refractivity contribution in [2.24, 2.45) is 0 Å². The number of rotatable bonds is 4. The third-order valence-electron chi connectivity index (χ3n) is 4.41. The molecule has 0 atom stereocenters. The zero-order valence-electron chi connectivity index (χ0n) is 15.0. The van der Waals surface area contributed by atoms with Gasteiger partial charge in [0, 0.05) is 23.3 Å². The quantitative estimate of drug-likeness (QED) is 0.577. The number of aromatic amines is 1. The maximum absolute atomic E-state index is 12.7. The molecular weight excluding hydrogens is 378 g/mol. The summed E-state index contributed by atoms with van der Waals surface area (Å²) in [5.41, 5.74) is 1.91. The Morgan fingerprint density at radius 2 is 1.96 bits per heavy atom. The fourth-order valence-corrected chi connectivity index (χ4v) is 3.07. The summed E-state index contributed by atoms with van der Waals surface area (Å²) in [5, 5.41) is 0.529. The lowest BCUT2D eigenvalue weighted by atomic mass is 10.2. The molecule has 28 heavy (non-hydrogen) atoms. The number of H-pyrrole nitrogens is 1. The average molecular weight is 394 g/mol.